The molecule has 0 unspecified atom stereocenters. The Kier molecular flexibility index (Phi) is 6.29. The minimum Gasteiger partial charge on any atom is -0.497 e. The summed E-state index contributed by atoms with van der Waals surface area (Å²) in [6, 6.07) is 8.82. The van der Waals surface area contributed by atoms with Crippen LogP contribution in [0.15, 0.2) is 30.3 Å². The molecule has 0 radical (unpaired) electrons. The fourth-order valence-corrected chi connectivity index (χ4v) is 5.42. The Labute approximate surface area is 199 Å². The number of aryl methyl sites for hydroxylation is 1. The predicted octanol–water partition coefficient (Wildman–Crippen LogP) is 4.48. The summed E-state index contributed by atoms with van der Waals surface area (Å²) in [6.07, 6.45) is 1.37. The number of hydrogen-bond donors (Lipinski definition) is 3. The Balaban J connectivity index is 1.77. The first-order valence-electron chi connectivity index (χ1n) is 11.1. The van der Waals surface area contributed by atoms with E-state index in [0.29, 0.717) is 34.5 Å². The number of anilines is 2. The van der Waals surface area contributed by atoms with Crippen LogP contribution in [0.1, 0.15) is 37.8 Å². The van der Waals surface area contributed by atoms with Crippen molar-refractivity contribution in [3.63, 3.8) is 0 Å². The van der Waals surface area contributed by atoms with E-state index in [1.165, 1.54) is 0 Å². The van der Waals surface area contributed by atoms with E-state index in [1.807, 2.05) is 13.0 Å². The SMILES string of the molecule is COc1ccc(OC)c(NC(=O)[C@H]2C[C@H](CC(C)C)N[C@@]23C(=O)Nc2c(C)cc(Cl)cc23)c1. The first-order valence-corrected chi connectivity index (χ1v) is 11.5. The van der Waals surface area contributed by atoms with Gasteiger partial charge < -0.3 is 20.1 Å². The zero-order valence-corrected chi connectivity index (χ0v) is 20.3. The Hall–Kier alpha value is -2.77. The van der Waals surface area contributed by atoms with Crippen molar-refractivity contribution in [2.24, 2.45) is 11.8 Å². The Morgan fingerprint density at radius 1 is 1.24 bits per heavy atom. The minimum atomic E-state index is -1.19. The number of rotatable bonds is 6. The van der Waals surface area contributed by atoms with Crippen molar-refractivity contribution < 1.29 is 19.1 Å². The molecule has 2 aromatic carbocycles. The summed E-state index contributed by atoms with van der Waals surface area (Å²) in [5.41, 5.74) is 1.61. The zero-order chi connectivity index (χ0) is 23.9. The summed E-state index contributed by atoms with van der Waals surface area (Å²) in [6.45, 7) is 6.17. The van der Waals surface area contributed by atoms with E-state index < -0.39 is 11.5 Å². The summed E-state index contributed by atoms with van der Waals surface area (Å²) in [5.74, 6) is 0.376. The Morgan fingerprint density at radius 2 is 2.00 bits per heavy atom. The van der Waals surface area contributed by atoms with Crippen LogP contribution in [0, 0.1) is 18.8 Å². The van der Waals surface area contributed by atoms with E-state index in [0.717, 1.165) is 23.2 Å². The van der Waals surface area contributed by atoms with Crippen molar-refractivity contribution in [2.75, 3.05) is 24.9 Å². The van der Waals surface area contributed by atoms with E-state index in [4.69, 9.17) is 21.1 Å². The van der Waals surface area contributed by atoms with Crippen molar-refractivity contribution in [3.05, 3.63) is 46.5 Å². The van der Waals surface area contributed by atoms with Crippen LogP contribution in [-0.4, -0.2) is 32.1 Å². The van der Waals surface area contributed by atoms with E-state index in [9.17, 15) is 9.59 Å². The van der Waals surface area contributed by atoms with Crippen LogP contribution >= 0.6 is 11.6 Å². The second-order valence-electron chi connectivity index (χ2n) is 9.22. The maximum Gasteiger partial charge on any atom is 0.250 e. The normalized spacial score (nSPS) is 23.5. The van der Waals surface area contributed by atoms with E-state index in [-0.39, 0.29) is 17.9 Å². The fourth-order valence-electron chi connectivity index (χ4n) is 5.15. The van der Waals surface area contributed by atoms with Gasteiger partial charge in [-0.1, -0.05) is 25.4 Å². The van der Waals surface area contributed by atoms with Crippen molar-refractivity contribution in [1.82, 2.24) is 5.32 Å². The smallest absolute Gasteiger partial charge is 0.250 e. The van der Waals surface area contributed by atoms with Crippen LogP contribution in [0.2, 0.25) is 5.02 Å². The van der Waals surface area contributed by atoms with Crippen molar-refractivity contribution in [2.45, 2.75) is 45.2 Å². The molecule has 2 aliphatic heterocycles. The Morgan fingerprint density at radius 3 is 2.67 bits per heavy atom. The molecule has 2 heterocycles. The molecule has 4 rings (SSSR count). The number of amides is 2. The largest absolute Gasteiger partial charge is 0.497 e. The molecule has 2 aliphatic rings. The number of fused-ring (bicyclic) bond motifs is 2. The van der Waals surface area contributed by atoms with Gasteiger partial charge in [-0.3, -0.25) is 14.9 Å². The maximum absolute atomic E-state index is 13.7. The summed E-state index contributed by atoms with van der Waals surface area (Å²) < 4.78 is 10.7. The molecule has 8 heteroatoms. The molecule has 3 N–H and O–H groups in total. The molecule has 0 aromatic heterocycles. The number of carbonyl (C=O) groups is 2. The third kappa shape index (κ3) is 4.04. The highest BCUT2D eigenvalue weighted by Gasteiger charge is 2.60. The minimum absolute atomic E-state index is 0.00365. The molecule has 1 saturated heterocycles. The maximum atomic E-state index is 13.7. The second-order valence-corrected chi connectivity index (χ2v) is 9.66. The number of halogens is 1. The standard InChI is InChI=1S/C25H30ClN3O4/c1-13(2)8-16-11-19(23(30)27-20-12-17(32-4)6-7-21(20)33-5)25(29-16)18-10-15(26)9-14(3)22(18)28-24(25)31/h6-7,9-10,12-13,16,19,29H,8,11H2,1-5H3,(H,27,30)(H,28,31)/t16-,19+,25+/m0/s1. The van der Waals surface area contributed by atoms with Crippen molar-refractivity contribution in [3.8, 4) is 11.5 Å². The number of ether oxygens (including phenoxy) is 2. The highest BCUT2D eigenvalue weighted by atomic mass is 35.5. The lowest BCUT2D eigenvalue weighted by Crippen LogP contribution is -2.52. The van der Waals surface area contributed by atoms with Crippen molar-refractivity contribution in [1.29, 1.82) is 0 Å². The van der Waals surface area contributed by atoms with Crippen LogP contribution in [0.3, 0.4) is 0 Å². The number of carbonyl (C=O) groups excluding carboxylic acids is 2. The molecule has 0 aliphatic carbocycles. The molecule has 0 bridgehead atoms. The first kappa shape index (κ1) is 23.4. The topological polar surface area (TPSA) is 88.7 Å². The fraction of sp³-hybridized carbons (Fsp3) is 0.440. The summed E-state index contributed by atoms with van der Waals surface area (Å²) in [5, 5.41) is 10.1. The van der Waals surface area contributed by atoms with Crippen LogP contribution in [-0.2, 0) is 15.1 Å². The average Bonchev–Trinajstić information content (AvgIpc) is 3.27. The van der Waals surface area contributed by atoms with Gasteiger partial charge in [-0.15, -0.1) is 0 Å². The highest BCUT2D eigenvalue weighted by molar-refractivity contribution is 6.31. The van der Waals surface area contributed by atoms with Gasteiger partial charge in [-0.2, -0.15) is 0 Å². The number of benzene rings is 2. The van der Waals surface area contributed by atoms with Crippen LogP contribution in [0.4, 0.5) is 11.4 Å². The summed E-state index contributed by atoms with van der Waals surface area (Å²) >= 11 is 6.39. The van der Waals surface area contributed by atoms with Gasteiger partial charge in [0.15, 0.2) is 0 Å². The molecule has 1 fully saturated rings. The number of methoxy groups -OCH3 is 2. The monoisotopic (exact) mass is 471 g/mol. The highest BCUT2D eigenvalue weighted by Crippen LogP contribution is 2.50. The predicted molar refractivity (Wildman–Crippen MR) is 129 cm³/mol. The molecule has 176 valence electrons. The van der Waals surface area contributed by atoms with Crippen molar-refractivity contribution >= 4 is 34.8 Å². The van der Waals surface area contributed by atoms with Gasteiger partial charge >= 0.3 is 0 Å². The van der Waals surface area contributed by atoms with Crippen LogP contribution in [0.25, 0.3) is 0 Å². The molecular formula is C25H30ClN3O4. The molecule has 33 heavy (non-hydrogen) atoms. The molecule has 1 spiro atoms. The van der Waals surface area contributed by atoms with Crippen LogP contribution in [0.5, 0.6) is 11.5 Å². The first-order chi connectivity index (χ1) is 15.7. The van der Waals surface area contributed by atoms with Gasteiger partial charge in [-0.25, -0.2) is 0 Å². The lowest BCUT2D eigenvalue weighted by molar-refractivity contribution is -0.130. The quantitative estimate of drug-likeness (QED) is 0.578. The molecule has 2 amide bonds. The number of hydrogen-bond acceptors (Lipinski definition) is 5. The lowest BCUT2D eigenvalue weighted by Gasteiger charge is -2.29. The third-order valence-corrected chi connectivity index (χ3v) is 6.75. The second kappa shape index (κ2) is 8.88. The third-order valence-electron chi connectivity index (χ3n) is 6.53. The summed E-state index contributed by atoms with van der Waals surface area (Å²) in [7, 11) is 3.10. The lowest BCUT2D eigenvalue weighted by atomic mass is 9.79. The van der Waals surface area contributed by atoms with Gasteiger partial charge in [0.2, 0.25) is 11.8 Å². The van der Waals surface area contributed by atoms with E-state index in [1.54, 1.807) is 38.5 Å². The Bertz CT molecular complexity index is 1100. The number of nitrogens with one attached hydrogen (secondary N) is 3. The van der Waals surface area contributed by atoms with Gasteiger partial charge in [0, 0.05) is 28.4 Å². The van der Waals surface area contributed by atoms with E-state index in [2.05, 4.69) is 29.8 Å². The van der Waals surface area contributed by atoms with E-state index >= 15 is 0 Å². The van der Waals surface area contributed by atoms with Gasteiger partial charge in [0.25, 0.3) is 0 Å². The summed E-state index contributed by atoms with van der Waals surface area (Å²) in [4.78, 5) is 27.2. The molecule has 2 aromatic rings. The van der Waals surface area contributed by atoms with Crippen LogP contribution < -0.4 is 25.4 Å². The van der Waals surface area contributed by atoms with Gasteiger partial charge in [0.1, 0.15) is 17.0 Å². The molecule has 7 nitrogen and oxygen atoms in total. The zero-order valence-electron chi connectivity index (χ0n) is 19.5. The molecule has 3 atom stereocenters. The molecule has 0 saturated carbocycles. The average molecular weight is 472 g/mol. The van der Waals surface area contributed by atoms with Gasteiger partial charge in [-0.05, 0) is 55.5 Å². The molecular weight excluding hydrogens is 442 g/mol. The van der Waals surface area contributed by atoms with Gasteiger partial charge in [0.05, 0.1) is 25.8 Å².